The van der Waals surface area contributed by atoms with Gasteiger partial charge in [-0.3, -0.25) is 9.78 Å². The first-order valence-electron chi connectivity index (χ1n) is 8.32. The van der Waals surface area contributed by atoms with Crippen molar-refractivity contribution in [3.8, 4) is 6.01 Å². The molecule has 1 aromatic carbocycles. The normalized spacial score (nSPS) is 10.2. The minimum absolute atomic E-state index is 0.00355. The molecule has 0 unspecified atom stereocenters. The molecule has 3 aromatic rings. The molecule has 25 heavy (non-hydrogen) atoms. The van der Waals surface area contributed by atoms with Gasteiger partial charge < -0.3 is 9.15 Å². The second-order valence-corrected chi connectivity index (χ2v) is 5.48. The zero-order chi connectivity index (χ0) is 18.2. The third kappa shape index (κ3) is 4.79. The summed E-state index contributed by atoms with van der Waals surface area (Å²) in [6, 6.07) is 10.8. The fraction of sp³-hybridized carbons (Fsp3) is 0.316. The maximum absolute atomic E-state index is 12.2. The lowest BCUT2D eigenvalue weighted by atomic mass is 10.1. The quantitative estimate of drug-likeness (QED) is 0.785. The molecule has 0 spiro atoms. The lowest BCUT2D eigenvalue weighted by Crippen LogP contribution is -2.15. The highest BCUT2D eigenvalue weighted by molar-refractivity contribution is 5.75. The molecule has 0 atom stereocenters. The first kappa shape index (κ1) is 18.4. The van der Waals surface area contributed by atoms with E-state index in [0.717, 1.165) is 5.56 Å². The van der Waals surface area contributed by atoms with E-state index >= 15 is 0 Å². The zero-order valence-corrected chi connectivity index (χ0v) is 14.7. The van der Waals surface area contributed by atoms with Gasteiger partial charge in [0.25, 0.3) is 11.6 Å². The monoisotopic (exact) mass is 342 g/mol. The lowest BCUT2D eigenvalue weighted by Gasteiger charge is -2.06. The average Bonchev–Trinajstić information content (AvgIpc) is 2.60. The van der Waals surface area contributed by atoms with Crippen LogP contribution < -0.4 is 15.9 Å². The maximum atomic E-state index is 12.2. The number of rotatable bonds is 4. The van der Waals surface area contributed by atoms with Gasteiger partial charge in [-0.05, 0) is 17.5 Å². The van der Waals surface area contributed by atoms with Crippen molar-refractivity contribution < 1.29 is 9.15 Å². The largest absolute Gasteiger partial charge is 0.460 e. The molecular formula is C19H22N2O4. The molecule has 0 fully saturated rings. The van der Waals surface area contributed by atoms with Crippen molar-refractivity contribution in [1.29, 1.82) is 0 Å². The molecule has 2 heterocycles. The van der Waals surface area contributed by atoms with Gasteiger partial charge in [-0.2, -0.15) is 4.98 Å². The summed E-state index contributed by atoms with van der Waals surface area (Å²) in [6.07, 6.45) is 1.79. The van der Waals surface area contributed by atoms with Crippen LogP contribution in [-0.2, 0) is 13.0 Å². The number of aromatic nitrogens is 2. The second-order valence-electron chi connectivity index (χ2n) is 5.48. The fourth-order valence-corrected chi connectivity index (χ4v) is 2.20. The van der Waals surface area contributed by atoms with E-state index in [1.807, 2.05) is 37.3 Å². The summed E-state index contributed by atoms with van der Waals surface area (Å²) in [4.78, 5) is 30.3. The summed E-state index contributed by atoms with van der Waals surface area (Å²) in [6.45, 7) is 6.36. The molecule has 0 amide bonds. The van der Waals surface area contributed by atoms with Gasteiger partial charge in [0, 0.05) is 6.07 Å². The summed E-state index contributed by atoms with van der Waals surface area (Å²) < 4.78 is 10.5. The molecule has 0 bridgehead atoms. The van der Waals surface area contributed by atoms with Crippen LogP contribution in [-0.4, -0.2) is 9.97 Å². The maximum Gasteiger partial charge on any atom is 0.337 e. The molecule has 0 aliphatic heterocycles. The van der Waals surface area contributed by atoms with E-state index < -0.39 is 5.63 Å². The topological polar surface area (TPSA) is 85.2 Å². The first-order valence-corrected chi connectivity index (χ1v) is 8.32. The van der Waals surface area contributed by atoms with Gasteiger partial charge >= 0.3 is 5.63 Å². The van der Waals surface area contributed by atoms with Crippen molar-refractivity contribution >= 4 is 11.1 Å². The minimum atomic E-state index is -0.531. The molecule has 0 radical (unpaired) electrons. The van der Waals surface area contributed by atoms with Gasteiger partial charge in [0.2, 0.25) is 5.71 Å². The summed E-state index contributed by atoms with van der Waals surface area (Å²) in [5.41, 5.74) is 0.630. The Balaban J connectivity index is 0.000000701. The molecule has 0 saturated heterocycles. The van der Waals surface area contributed by atoms with Crippen LogP contribution in [0.15, 0.2) is 50.4 Å². The predicted octanol–water partition coefficient (Wildman–Crippen LogP) is 3.43. The number of nitrogens with one attached hydrogen (secondary N) is 1. The number of H-pyrrole nitrogens is 1. The molecule has 2 aromatic heterocycles. The van der Waals surface area contributed by atoms with Crippen molar-refractivity contribution in [2.45, 2.75) is 40.2 Å². The van der Waals surface area contributed by atoms with Gasteiger partial charge in [0.1, 0.15) is 12.0 Å². The lowest BCUT2D eigenvalue weighted by molar-refractivity contribution is 0.279. The Labute approximate surface area is 145 Å². The van der Waals surface area contributed by atoms with Crippen LogP contribution in [0.4, 0.5) is 0 Å². The van der Waals surface area contributed by atoms with Crippen LogP contribution in [0.5, 0.6) is 6.01 Å². The molecule has 0 saturated carbocycles. The summed E-state index contributed by atoms with van der Waals surface area (Å²) in [7, 11) is 0. The minimum Gasteiger partial charge on any atom is -0.460 e. The van der Waals surface area contributed by atoms with Gasteiger partial charge in [-0.15, -0.1) is 0 Å². The smallest absolute Gasteiger partial charge is 0.337 e. The number of nitrogens with zero attached hydrogens (tertiary/aromatic N) is 1. The number of ether oxygens (including phenoxy) is 1. The van der Waals surface area contributed by atoms with E-state index in [1.54, 1.807) is 0 Å². The summed E-state index contributed by atoms with van der Waals surface area (Å²) in [5, 5.41) is 0.286. The Morgan fingerprint density at radius 2 is 1.80 bits per heavy atom. The van der Waals surface area contributed by atoms with Crippen molar-refractivity contribution in [2.24, 2.45) is 0 Å². The zero-order valence-electron chi connectivity index (χ0n) is 14.7. The van der Waals surface area contributed by atoms with E-state index in [9.17, 15) is 9.59 Å². The third-order valence-corrected chi connectivity index (χ3v) is 3.27. The number of fused-ring (bicyclic) bond motifs is 1. The molecule has 6 nitrogen and oxygen atoms in total. The van der Waals surface area contributed by atoms with Crippen LogP contribution in [0.1, 0.15) is 38.3 Å². The van der Waals surface area contributed by atoms with E-state index in [0.29, 0.717) is 12.0 Å². The Morgan fingerprint density at radius 1 is 1.12 bits per heavy atom. The number of aryl methyl sites for hydroxylation is 1. The van der Waals surface area contributed by atoms with Gasteiger partial charge in [0.15, 0.2) is 0 Å². The highest BCUT2D eigenvalue weighted by atomic mass is 16.5. The number of hydrogen-bond acceptors (Lipinski definition) is 5. The highest BCUT2D eigenvalue weighted by Crippen LogP contribution is 2.14. The molecule has 6 heteroatoms. The van der Waals surface area contributed by atoms with E-state index in [4.69, 9.17) is 9.15 Å². The van der Waals surface area contributed by atoms with Crippen LogP contribution in [0, 0.1) is 0 Å². The van der Waals surface area contributed by atoms with E-state index in [-0.39, 0.29) is 29.3 Å². The van der Waals surface area contributed by atoms with Crippen LogP contribution >= 0.6 is 0 Å². The molecular weight excluding hydrogens is 320 g/mol. The van der Waals surface area contributed by atoms with Crippen LogP contribution in [0.3, 0.4) is 0 Å². The van der Waals surface area contributed by atoms with Crippen molar-refractivity contribution in [2.75, 3.05) is 0 Å². The summed E-state index contributed by atoms with van der Waals surface area (Å²) in [5.74, 6) is 0. The van der Waals surface area contributed by atoms with Crippen LogP contribution in [0.25, 0.3) is 11.1 Å². The standard InChI is InChI=1S/C16H14N2O4.C3H8/c1-2-11-8-12(19)22-15-13(11)14(20)17-16(18-15)21-9-10-6-4-3-5-7-10;1-3-2/h3-8H,2,9H2,1H3,(H,17,18,20);3H2,1-2H3. The van der Waals surface area contributed by atoms with Gasteiger partial charge in [-0.25, -0.2) is 4.79 Å². The second kappa shape index (κ2) is 8.82. The van der Waals surface area contributed by atoms with Crippen molar-refractivity contribution in [3.63, 3.8) is 0 Å². The predicted molar refractivity (Wildman–Crippen MR) is 97.0 cm³/mol. The molecule has 0 aliphatic rings. The van der Waals surface area contributed by atoms with Crippen LogP contribution in [0.2, 0.25) is 0 Å². The van der Waals surface area contributed by atoms with Crippen molar-refractivity contribution in [1.82, 2.24) is 9.97 Å². The highest BCUT2D eigenvalue weighted by Gasteiger charge is 2.12. The van der Waals surface area contributed by atoms with Gasteiger partial charge in [-0.1, -0.05) is 57.5 Å². The Hall–Kier alpha value is -2.89. The molecule has 3 rings (SSSR count). The molecule has 132 valence electrons. The SMILES string of the molecule is CCC.CCc1cc(=O)oc2nc(OCc3ccccc3)[nH]c(=O)c12. The first-order chi connectivity index (χ1) is 12.1. The number of hydrogen-bond donors (Lipinski definition) is 1. The van der Waals surface area contributed by atoms with Gasteiger partial charge in [0.05, 0.1) is 0 Å². The van der Waals surface area contributed by atoms with Crippen molar-refractivity contribution in [3.05, 3.63) is 68.3 Å². The summed E-state index contributed by atoms with van der Waals surface area (Å²) >= 11 is 0. The Bertz CT molecular complexity index is 930. The Morgan fingerprint density at radius 3 is 2.44 bits per heavy atom. The molecule has 0 aliphatic carbocycles. The van der Waals surface area contributed by atoms with E-state index in [2.05, 4.69) is 23.8 Å². The average molecular weight is 342 g/mol. The number of benzene rings is 1. The molecule has 1 N–H and O–H groups in total. The Kier molecular flexibility index (Phi) is 6.51. The van der Waals surface area contributed by atoms with E-state index in [1.165, 1.54) is 12.5 Å². The third-order valence-electron chi connectivity index (χ3n) is 3.27. The number of aromatic amines is 1. The fourth-order valence-electron chi connectivity index (χ4n) is 2.20.